The van der Waals surface area contributed by atoms with Gasteiger partial charge in [0.05, 0.1) is 19.7 Å². The van der Waals surface area contributed by atoms with Gasteiger partial charge in [0, 0.05) is 37.4 Å². The van der Waals surface area contributed by atoms with Crippen molar-refractivity contribution < 1.29 is 9.53 Å². The van der Waals surface area contributed by atoms with E-state index in [1.54, 1.807) is 0 Å². The first-order chi connectivity index (χ1) is 15.1. The Kier molecular flexibility index (Phi) is 10.6. The van der Waals surface area contributed by atoms with Crippen LogP contribution >= 0.6 is 24.0 Å². The second-order valence-corrected chi connectivity index (χ2v) is 7.53. The monoisotopic (exact) mass is 551 g/mol. The number of carbonyl (C=O) groups excluding carboxylic acids is 1. The number of rotatable bonds is 8. The summed E-state index contributed by atoms with van der Waals surface area (Å²) in [6.45, 7) is 10.7. The molecule has 32 heavy (non-hydrogen) atoms. The summed E-state index contributed by atoms with van der Waals surface area (Å²) in [5.74, 6) is 1.75. The van der Waals surface area contributed by atoms with E-state index in [1.807, 2.05) is 6.92 Å². The fraction of sp³-hybridized carbons (Fsp3) is 0.417. The molecule has 1 fully saturated rings. The lowest BCUT2D eigenvalue weighted by Gasteiger charge is -2.28. The van der Waals surface area contributed by atoms with Crippen LogP contribution in [0.3, 0.4) is 0 Å². The van der Waals surface area contributed by atoms with Gasteiger partial charge in [-0.3, -0.25) is 4.79 Å². The minimum absolute atomic E-state index is 0. The molecule has 3 rings (SSSR count). The molecule has 0 aliphatic carbocycles. The van der Waals surface area contributed by atoms with E-state index in [0.29, 0.717) is 32.8 Å². The van der Waals surface area contributed by atoms with Crippen molar-refractivity contribution in [2.24, 2.45) is 4.99 Å². The predicted octanol–water partition coefficient (Wildman–Crippen LogP) is 3.20. The Morgan fingerprint density at radius 2 is 1.94 bits per heavy atom. The number of nitrogens with one attached hydrogen (secondary N) is 3. The lowest BCUT2D eigenvalue weighted by atomic mass is 10.1. The van der Waals surface area contributed by atoms with E-state index in [9.17, 15) is 4.79 Å². The minimum Gasteiger partial charge on any atom is -0.494 e. The second kappa shape index (κ2) is 13.1. The molecule has 2 aromatic carbocycles. The van der Waals surface area contributed by atoms with Gasteiger partial charge in [-0.1, -0.05) is 24.3 Å². The zero-order valence-corrected chi connectivity index (χ0v) is 21.4. The number of ether oxygens (including phenoxy) is 1. The normalized spacial score (nSPS) is 13.8. The Labute approximate surface area is 208 Å². The zero-order valence-electron chi connectivity index (χ0n) is 19.1. The van der Waals surface area contributed by atoms with Crippen LogP contribution < -0.4 is 25.6 Å². The molecular weight excluding hydrogens is 517 g/mol. The average molecular weight is 551 g/mol. The molecule has 1 saturated heterocycles. The van der Waals surface area contributed by atoms with Crippen molar-refractivity contribution in [3.63, 3.8) is 0 Å². The summed E-state index contributed by atoms with van der Waals surface area (Å²) >= 11 is 0. The van der Waals surface area contributed by atoms with Crippen molar-refractivity contribution >= 4 is 41.5 Å². The number of benzene rings is 2. The summed E-state index contributed by atoms with van der Waals surface area (Å²) < 4.78 is 5.78. The highest BCUT2D eigenvalue weighted by molar-refractivity contribution is 14.0. The van der Waals surface area contributed by atoms with Gasteiger partial charge in [-0.15, -0.1) is 24.0 Å². The van der Waals surface area contributed by atoms with E-state index in [0.717, 1.165) is 41.6 Å². The van der Waals surface area contributed by atoms with Crippen LogP contribution in [0.1, 0.15) is 30.5 Å². The number of carbonyl (C=O) groups is 1. The zero-order chi connectivity index (χ0) is 22.1. The van der Waals surface area contributed by atoms with E-state index in [1.165, 1.54) is 5.56 Å². The van der Waals surface area contributed by atoms with Crippen LogP contribution in [0.2, 0.25) is 0 Å². The largest absolute Gasteiger partial charge is 0.494 e. The van der Waals surface area contributed by atoms with Gasteiger partial charge in [0.2, 0.25) is 5.91 Å². The summed E-state index contributed by atoms with van der Waals surface area (Å²) in [6.07, 6.45) is 0. The van der Waals surface area contributed by atoms with E-state index in [-0.39, 0.29) is 29.9 Å². The molecule has 174 valence electrons. The number of anilines is 1. The Morgan fingerprint density at radius 3 is 2.62 bits per heavy atom. The van der Waals surface area contributed by atoms with Gasteiger partial charge in [-0.25, -0.2) is 4.99 Å². The highest BCUT2D eigenvalue weighted by Gasteiger charge is 2.16. The number of halogens is 1. The molecule has 0 unspecified atom stereocenters. The van der Waals surface area contributed by atoms with Gasteiger partial charge < -0.3 is 25.6 Å². The van der Waals surface area contributed by atoms with Crippen LogP contribution in [0, 0.1) is 6.92 Å². The van der Waals surface area contributed by atoms with Crippen molar-refractivity contribution in [3.8, 4) is 5.75 Å². The van der Waals surface area contributed by atoms with Crippen molar-refractivity contribution in [2.45, 2.75) is 33.9 Å². The van der Waals surface area contributed by atoms with Gasteiger partial charge in [-0.05, 0) is 50.1 Å². The van der Waals surface area contributed by atoms with Crippen LogP contribution in [0.5, 0.6) is 5.75 Å². The van der Waals surface area contributed by atoms with Gasteiger partial charge in [-0.2, -0.15) is 0 Å². The number of piperazine rings is 1. The van der Waals surface area contributed by atoms with Crippen molar-refractivity contribution in [3.05, 3.63) is 59.2 Å². The van der Waals surface area contributed by atoms with Crippen LogP contribution in [0.15, 0.2) is 47.5 Å². The first-order valence-electron chi connectivity index (χ1n) is 10.9. The molecular formula is C24H34IN5O2. The number of guanidine groups is 1. The molecule has 0 bridgehead atoms. The van der Waals surface area contributed by atoms with Gasteiger partial charge in [0.25, 0.3) is 0 Å². The van der Waals surface area contributed by atoms with Crippen LogP contribution in [0.4, 0.5) is 5.69 Å². The molecule has 0 saturated carbocycles. The van der Waals surface area contributed by atoms with Crippen LogP contribution in [0.25, 0.3) is 0 Å². The minimum atomic E-state index is 0. The smallest absolute Gasteiger partial charge is 0.239 e. The van der Waals surface area contributed by atoms with Crippen LogP contribution in [-0.4, -0.2) is 44.7 Å². The summed E-state index contributed by atoms with van der Waals surface area (Å²) in [7, 11) is 0. The molecule has 1 aliphatic rings. The molecule has 1 heterocycles. The summed E-state index contributed by atoms with van der Waals surface area (Å²) in [5.41, 5.74) is 4.47. The van der Waals surface area contributed by atoms with Gasteiger partial charge in [0.15, 0.2) is 5.96 Å². The highest BCUT2D eigenvalue weighted by Crippen LogP contribution is 2.20. The maximum atomic E-state index is 11.6. The Bertz CT molecular complexity index is 902. The van der Waals surface area contributed by atoms with Crippen molar-refractivity contribution in [2.75, 3.05) is 37.7 Å². The van der Waals surface area contributed by atoms with E-state index < -0.39 is 0 Å². The molecule has 8 heteroatoms. The third-order valence-corrected chi connectivity index (χ3v) is 5.07. The summed E-state index contributed by atoms with van der Waals surface area (Å²) in [6, 6.07) is 14.5. The quantitative estimate of drug-likeness (QED) is 0.267. The Balaban J connectivity index is 0.00000363. The molecule has 0 atom stereocenters. The fourth-order valence-corrected chi connectivity index (χ4v) is 3.46. The molecule has 0 spiro atoms. The van der Waals surface area contributed by atoms with Crippen molar-refractivity contribution in [1.29, 1.82) is 0 Å². The number of aryl methyl sites for hydroxylation is 1. The van der Waals surface area contributed by atoms with Gasteiger partial charge in [0.1, 0.15) is 5.75 Å². The number of amides is 1. The maximum absolute atomic E-state index is 11.6. The SMILES string of the molecule is CCNC(=NCc1ccc(N2CCNC(=O)C2)cc1)NCc1ccc(C)cc1OCC.I. The molecule has 7 nitrogen and oxygen atoms in total. The number of hydrogen-bond acceptors (Lipinski definition) is 4. The fourth-order valence-electron chi connectivity index (χ4n) is 3.46. The third kappa shape index (κ3) is 7.58. The second-order valence-electron chi connectivity index (χ2n) is 7.53. The lowest BCUT2D eigenvalue weighted by Crippen LogP contribution is -2.47. The molecule has 0 aromatic heterocycles. The third-order valence-electron chi connectivity index (χ3n) is 5.07. The number of nitrogens with zero attached hydrogens (tertiary/aromatic N) is 2. The molecule has 2 aromatic rings. The molecule has 3 N–H and O–H groups in total. The molecule has 1 aliphatic heterocycles. The van der Waals surface area contributed by atoms with E-state index >= 15 is 0 Å². The van der Waals surface area contributed by atoms with Crippen molar-refractivity contribution in [1.82, 2.24) is 16.0 Å². The van der Waals surface area contributed by atoms with Crippen LogP contribution in [-0.2, 0) is 17.9 Å². The number of aliphatic imine (C=N–C) groups is 1. The predicted molar refractivity (Wildman–Crippen MR) is 141 cm³/mol. The standard InChI is InChI=1S/C24H33N5O2.HI/c1-4-25-24(28-16-20-9-6-18(3)14-22(20)31-5-2)27-15-19-7-10-21(11-8-19)29-13-12-26-23(30)17-29;/h6-11,14H,4-5,12-13,15-17H2,1-3H3,(H,26,30)(H2,25,27,28);1H. The Morgan fingerprint density at radius 1 is 1.16 bits per heavy atom. The maximum Gasteiger partial charge on any atom is 0.239 e. The van der Waals surface area contributed by atoms with E-state index in [4.69, 9.17) is 9.73 Å². The molecule has 1 amide bonds. The first-order valence-corrected chi connectivity index (χ1v) is 10.9. The van der Waals surface area contributed by atoms with E-state index in [2.05, 4.69) is 77.2 Å². The lowest BCUT2D eigenvalue weighted by molar-refractivity contribution is -0.120. The highest BCUT2D eigenvalue weighted by atomic mass is 127. The summed E-state index contributed by atoms with van der Waals surface area (Å²) in [5, 5.41) is 9.55. The topological polar surface area (TPSA) is 78.0 Å². The molecule has 0 radical (unpaired) electrons. The van der Waals surface area contributed by atoms with Gasteiger partial charge >= 0.3 is 0 Å². The Hall–Kier alpha value is -2.49. The number of hydrogen-bond donors (Lipinski definition) is 3. The average Bonchev–Trinajstić information content (AvgIpc) is 2.77. The summed E-state index contributed by atoms with van der Waals surface area (Å²) in [4.78, 5) is 18.4. The first kappa shape index (κ1) is 25.8.